The maximum Gasteiger partial charge on any atom is 0.192 e. The summed E-state index contributed by atoms with van der Waals surface area (Å²) in [6.07, 6.45) is 14.2. The van der Waals surface area contributed by atoms with Crippen LogP contribution in [0.4, 0.5) is 0 Å². The molecule has 1 unspecified atom stereocenters. The van der Waals surface area contributed by atoms with Crippen molar-refractivity contribution in [3.05, 3.63) is 0 Å². The molecule has 0 aliphatic heterocycles. The third kappa shape index (κ3) is 9.73. The Labute approximate surface area is 136 Å². The molecule has 128 valence electrons. The predicted octanol–water partition coefficient (Wildman–Crippen LogP) is 7.32. The van der Waals surface area contributed by atoms with Crippen LogP contribution in [0.3, 0.4) is 0 Å². The lowest BCUT2D eigenvalue weighted by Gasteiger charge is -2.33. The summed E-state index contributed by atoms with van der Waals surface area (Å²) in [6, 6.07) is 3.87. The van der Waals surface area contributed by atoms with Gasteiger partial charge in [-0.1, -0.05) is 86.0 Å². The molecule has 0 radical (unpaired) electrons. The van der Waals surface area contributed by atoms with Crippen molar-refractivity contribution in [2.75, 3.05) is 0 Å². The normalized spacial score (nSPS) is 13.6. The molecule has 0 spiro atoms. The van der Waals surface area contributed by atoms with Gasteiger partial charge in [-0.05, 0) is 31.0 Å². The zero-order chi connectivity index (χ0) is 16.0. The van der Waals surface area contributed by atoms with Gasteiger partial charge in [0.15, 0.2) is 8.32 Å². The van der Waals surface area contributed by atoms with Crippen LogP contribution in [-0.4, -0.2) is 14.4 Å². The van der Waals surface area contributed by atoms with E-state index in [4.69, 9.17) is 4.43 Å². The fourth-order valence-corrected chi connectivity index (χ4v) is 6.21. The average Bonchev–Trinajstić information content (AvgIpc) is 2.52. The molecule has 2 heteroatoms. The molecular weight excluding hydrogens is 272 g/mol. The Morgan fingerprint density at radius 2 is 1.14 bits per heavy atom. The predicted molar refractivity (Wildman–Crippen MR) is 99.6 cm³/mol. The fraction of sp³-hybridized carbons (Fsp3) is 1.00. The van der Waals surface area contributed by atoms with Gasteiger partial charge in [0.05, 0.1) is 0 Å². The molecule has 0 saturated heterocycles. The van der Waals surface area contributed by atoms with Crippen LogP contribution in [0, 0.1) is 0 Å². The van der Waals surface area contributed by atoms with E-state index in [-0.39, 0.29) is 0 Å². The van der Waals surface area contributed by atoms with Crippen molar-refractivity contribution in [3.63, 3.8) is 0 Å². The van der Waals surface area contributed by atoms with E-state index in [0.29, 0.717) is 6.10 Å². The highest BCUT2D eigenvalue weighted by molar-refractivity contribution is 6.73. The van der Waals surface area contributed by atoms with Gasteiger partial charge in [-0.3, -0.25) is 0 Å². The monoisotopic (exact) mass is 314 g/mol. The van der Waals surface area contributed by atoms with Gasteiger partial charge < -0.3 is 4.43 Å². The summed E-state index contributed by atoms with van der Waals surface area (Å²) < 4.78 is 6.71. The summed E-state index contributed by atoms with van der Waals surface area (Å²) in [4.78, 5) is 0. The van der Waals surface area contributed by atoms with Crippen LogP contribution in [0.5, 0.6) is 0 Å². The van der Waals surface area contributed by atoms with Gasteiger partial charge in [0.2, 0.25) is 0 Å². The van der Waals surface area contributed by atoms with Crippen LogP contribution in [-0.2, 0) is 4.43 Å². The first kappa shape index (κ1) is 21.2. The summed E-state index contributed by atoms with van der Waals surface area (Å²) in [7, 11) is -1.40. The third-order valence-corrected chi connectivity index (χ3v) is 9.79. The van der Waals surface area contributed by atoms with Crippen LogP contribution in [0.1, 0.15) is 98.8 Å². The van der Waals surface area contributed by atoms with Crippen molar-refractivity contribution in [1.82, 2.24) is 0 Å². The third-order valence-electron chi connectivity index (χ3n) is 5.09. The molecule has 0 bridgehead atoms. The molecule has 0 amide bonds. The number of unbranched alkanes of at least 4 members (excludes halogenated alkanes) is 6. The van der Waals surface area contributed by atoms with Gasteiger partial charge >= 0.3 is 0 Å². The smallest absolute Gasteiger partial charge is 0.192 e. The largest absolute Gasteiger partial charge is 0.414 e. The lowest BCUT2D eigenvalue weighted by Crippen LogP contribution is -2.39. The molecule has 21 heavy (non-hydrogen) atoms. The summed E-state index contributed by atoms with van der Waals surface area (Å²) in [5, 5.41) is 0. The Morgan fingerprint density at radius 1 is 0.619 bits per heavy atom. The zero-order valence-electron chi connectivity index (χ0n) is 15.7. The van der Waals surface area contributed by atoms with Gasteiger partial charge in [0.1, 0.15) is 0 Å². The van der Waals surface area contributed by atoms with Crippen molar-refractivity contribution in [2.45, 2.75) is 123 Å². The van der Waals surface area contributed by atoms with E-state index in [1.807, 2.05) is 0 Å². The Morgan fingerprint density at radius 3 is 1.62 bits per heavy atom. The van der Waals surface area contributed by atoms with Crippen LogP contribution in [0.25, 0.3) is 0 Å². The molecule has 0 fully saturated rings. The first-order valence-corrected chi connectivity index (χ1v) is 12.4. The second-order valence-electron chi connectivity index (χ2n) is 6.68. The van der Waals surface area contributed by atoms with E-state index in [1.165, 1.54) is 82.3 Å². The van der Waals surface area contributed by atoms with Gasteiger partial charge in [0.25, 0.3) is 0 Å². The van der Waals surface area contributed by atoms with Crippen molar-refractivity contribution >= 4 is 8.32 Å². The van der Waals surface area contributed by atoms with Crippen LogP contribution in [0.15, 0.2) is 0 Å². The minimum atomic E-state index is -1.40. The lowest BCUT2D eigenvalue weighted by atomic mass is 10.0. The second kappa shape index (κ2) is 13.8. The summed E-state index contributed by atoms with van der Waals surface area (Å²) in [5.41, 5.74) is 0. The summed E-state index contributed by atoms with van der Waals surface area (Å²) in [6.45, 7) is 11.6. The Bertz CT molecular complexity index is 205. The Kier molecular flexibility index (Phi) is 13.9. The lowest BCUT2D eigenvalue weighted by molar-refractivity contribution is 0.161. The molecule has 0 aromatic carbocycles. The van der Waals surface area contributed by atoms with Crippen molar-refractivity contribution in [1.29, 1.82) is 0 Å². The maximum atomic E-state index is 6.71. The van der Waals surface area contributed by atoms with E-state index >= 15 is 0 Å². The Balaban J connectivity index is 4.01. The molecule has 0 N–H and O–H groups in total. The second-order valence-corrected chi connectivity index (χ2v) is 11.4. The minimum Gasteiger partial charge on any atom is -0.414 e. The minimum absolute atomic E-state index is 0.553. The summed E-state index contributed by atoms with van der Waals surface area (Å²) >= 11 is 0. The number of hydrogen-bond donors (Lipinski definition) is 0. The molecule has 0 saturated carbocycles. The fourth-order valence-electron chi connectivity index (χ4n) is 3.27. The highest BCUT2D eigenvalue weighted by Crippen LogP contribution is 2.26. The number of hydrogen-bond acceptors (Lipinski definition) is 1. The first-order chi connectivity index (χ1) is 10.2. The van der Waals surface area contributed by atoms with Crippen molar-refractivity contribution in [3.8, 4) is 0 Å². The average molecular weight is 315 g/mol. The molecule has 0 heterocycles. The van der Waals surface area contributed by atoms with Crippen LogP contribution >= 0.6 is 0 Å². The maximum absolute atomic E-state index is 6.71. The highest BCUT2D eigenvalue weighted by Gasteiger charge is 2.31. The molecule has 0 rings (SSSR count). The number of rotatable bonds is 15. The van der Waals surface area contributed by atoms with Crippen LogP contribution < -0.4 is 0 Å². The molecule has 0 aliphatic carbocycles. The van der Waals surface area contributed by atoms with Gasteiger partial charge in [-0.15, -0.1) is 0 Å². The van der Waals surface area contributed by atoms with E-state index in [1.54, 1.807) is 0 Å². The molecule has 1 atom stereocenters. The van der Waals surface area contributed by atoms with Crippen molar-refractivity contribution < 1.29 is 4.43 Å². The van der Waals surface area contributed by atoms with E-state index in [2.05, 4.69) is 34.6 Å². The molecule has 1 nitrogen and oxygen atoms in total. The summed E-state index contributed by atoms with van der Waals surface area (Å²) in [5.74, 6) is 0. The van der Waals surface area contributed by atoms with Gasteiger partial charge in [-0.25, -0.2) is 0 Å². The van der Waals surface area contributed by atoms with E-state index < -0.39 is 8.32 Å². The Hall–Kier alpha value is 0.177. The molecular formula is C19H42OSi. The van der Waals surface area contributed by atoms with E-state index in [0.717, 1.165) is 0 Å². The quantitative estimate of drug-likeness (QED) is 0.227. The van der Waals surface area contributed by atoms with E-state index in [9.17, 15) is 0 Å². The first-order valence-electron chi connectivity index (χ1n) is 9.85. The SMILES string of the molecule is CCCCCCCCCC(CCC)O[Si](CC)(CC)CC. The van der Waals surface area contributed by atoms with Crippen molar-refractivity contribution in [2.24, 2.45) is 0 Å². The zero-order valence-corrected chi connectivity index (χ0v) is 16.7. The highest BCUT2D eigenvalue weighted by atomic mass is 28.4. The topological polar surface area (TPSA) is 9.23 Å². The standard InChI is InChI=1S/C19H42OSi/c1-6-11-12-13-14-15-16-18-19(17-7-2)20-21(8-3,9-4)10-5/h19H,6-18H2,1-5H3. The van der Waals surface area contributed by atoms with Gasteiger partial charge in [-0.2, -0.15) is 0 Å². The molecule has 0 aromatic rings. The van der Waals surface area contributed by atoms with Gasteiger partial charge in [0, 0.05) is 6.10 Å². The van der Waals surface area contributed by atoms with Crippen LogP contribution in [0.2, 0.25) is 18.1 Å². The molecule has 0 aliphatic rings. The molecule has 0 aromatic heterocycles.